The number of benzene rings is 1. The zero-order valence-electron chi connectivity index (χ0n) is 14.8. The first-order chi connectivity index (χ1) is 13.7. The molecule has 0 fully saturated rings. The van der Waals surface area contributed by atoms with Crippen molar-refractivity contribution < 1.29 is 18.0 Å². The number of carbonyl (C=O) groups excluding carboxylic acids is 1. The first-order valence-corrected chi connectivity index (χ1v) is 8.52. The second-order valence-corrected chi connectivity index (χ2v) is 6.34. The minimum absolute atomic E-state index is 0.198. The van der Waals surface area contributed by atoms with E-state index in [1.54, 1.807) is 19.1 Å². The number of halogens is 4. The highest BCUT2D eigenvalue weighted by atomic mass is 35.5. The first-order valence-electron chi connectivity index (χ1n) is 8.14. The van der Waals surface area contributed by atoms with Gasteiger partial charge >= 0.3 is 6.18 Å². The fourth-order valence-electron chi connectivity index (χ4n) is 2.53. The first kappa shape index (κ1) is 20.3. The maximum atomic E-state index is 13.0. The Morgan fingerprint density at radius 2 is 2.03 bits per heavy atom. The van der Waals surface area contributed by atoms with Crippen molar-refractivity contribution in [1.82, 2.24) is 25.1 Å². The molecule has 0 aliphatic heterocycles. The molecule has 0 unspecified atom stereocenters. The van der Waals surface area contributed by atoms with Gasteiger partial charge in [0.15, 0.2) is 11.6 Å². The molecule has 0 aliphatic rings. The highest BCUT2D eigenvalue weighted by Crippen LogP contribution is 2.35. The molecular formula is C18H12ClF3N6O. The van der Waals surface area contributed by atoms with Crippen molar-refractivity contribution in [3.63, 3.8) is 0 Å². The zero-order chi connectivity index (χ0) is 21.2. The topological polar surface area (TPSA) is 96.5 Å². The number of aromatic nitrogens is 4. The molecule has 148 valence electrons. The van der Waals surface area contributed by atoms with Crippen molar-refractivity contribution in [1.29, 1.82) is 5.26 Å². The molecule has 1 amide bonds. The monoisotopic (exact) mass is 420 g/mol. The van der Waals surface area contributed by atoms with Gasteiger partial charge in [0.1, 0.15) is 12.4 Å². The number of hydrogen-bond acceptors (Lipinski definition) is 5. The Morgan fingerprint density at radius 1 is 1.28 bits per heavy atom. The number of nitriles is 1. The van der Waals surface area contributed by atoms with Crippen molar-refractivity contribution in [3.8, 4) is 11.9 Å². The number of alkyl halides is 3. The predicted octanol–water partition coefficient (Wildman–Crippen LogP) is 3.70. The van der Waals surface area contributed by atoms with Gasteiger partial charge in [0.25, 0.3) is 5.91 Å². The molecule has 2 heterocycles. The minimum atomic E-state index is -4.68. The van der Waals surface area contributed by atoms with Crippen LogP contribution in [0.4, 0.5) is 13.2 Å². The summed E-state index contributed by atoms with van der Waals surface area (Å²) in [5.74, 6) is -0.0639. The van der Waals surface area contributed by atoms with Gasteiger partial charge < -0.3 is 5.32 Å². The van der Waals surface area contributed by atoms with Crippen LogP contribution in [0.3, 0.4) is 0 Å². The molecule has 1 aromatic carbocycles. The molecule has 0 bridgehead atoms. The van der Waals surface area contributed by atoms with Gasteiger partial charge in [-0.3, -0.25) is 4.79 Å². The van der Waals surface area contributed by atoms with E-state index in [1.807, 2.05) is 6.07 Å². The average molecular weight is 421 g/mol. The molecule has 0 saturated heterocycles. The van der Waals surface area contributed by atoms with Crippen molar-refractivity contribution in [2.75, 3.05) is 0 Å². The summed E-state index contributed by atoms with van der Waals surface area (Å²) in [4.78, 5) is 20.6. The third-order valence-corrected chi connectivity index (χ3v) is 4.27. The Labute approximate surface area is 167 Å². The van der Waals surface area contributed by atoms with E-state index < -0.39 is 28.7 Å². The van der Waals surface area contributed by atoms with Crippen molar-refractivity contribution in [2.24, 2.45) is 0 Å². The molecule has 0 aliphatic carbocycles. The van der Waals surface area contributed by atoms with Crippen molar-refractivity contribution in [3.05, 3.63) is 70.4 Å². The lowest BCUT2D eigenvalue weighted by Gasteiger charge is -2.15. The standard InChI is InChI=1S/C18H12ClF3N6O/c1-10(16-25-9-26-28(16)15-5-2-11(7-23)8-24-15)27-17(29)12-3-4-14(19)13(6-12)18(20,21)22/h2-6,8-10H,1H3,(H,27,29)/t10-/m0/s1. The number of pyridine rings is 1. The largest absolute Gasteiger partial charge is 0.417 e. The van der Waals surface area contributed by atoms with Crippen LogP contribution in [0, 0.1) is 11.3 Å². The number of hydrogen-bond donors (Lipinski definition) is 1. The van der Waals surface area contributed by atoms with Gasteiger partial charge in [-0.2, -0.15) is 28.2 Å². The molecule has 1 atom stereocenters. The summed E-state index contributed by atoms with van der Waals surface area (Å²) in [6.07, 6.45) is -2.07. The molecule has 11 heteroatoms. The summed E-state index contributed by atoms with van der Waals surface area (Å²) >= 11 is 5.58. The second-order valence-electron chi connectivity index (χ2n) is 5.93. The Bertz CT molecular complexity index is 1090. The number of nitrogens with zero attached hydrogens (tertiary/aromatic N) is 5. The maximum Gasteiger partial charge on any atom is 0.417 e. The molecule has 3 rings (SSSR count). The number of carbonyl (C=O) groups is 1. The lowest BCUT2D eigenvalue weighted by Crippen LogP contribution is -2.29. The van der Waals surface area contributed by atoms with Crippen LogP contribution in [-0.4, -0.2) is 25.7 Å². The molecule has 1 N–H and O–H groups in total. The van der Waals surface area contributed by atoms with Crippen molar-refractivity contribution in [2.45, 2.75) is 19.1 Å². The third-order valence-electron chi connectivity index (χ3n) is 3.94. The smallest absolute Gasteiger partial charge is 0.342 e. The molecular weight excluding hydrogens is 409 g/mol. The summed E-state index contributed by atoms with van der Waals surface area (Å²) in [5, 5.41) is 15.0. The van der Waals surface area contributed by atoms with Crippen LogP contribution in [0.25, 0.3) is 5.82 Å². The fourth-order valence-corrected chi connectivity index (χ4v) is 2.75. The maximum absolute atomic E-state index is 13.0. The van der Waals surface area contributed by atoms with Crippen LogP contribution >= 0.6 is 11.6 Å². The van der Waals surface area contributed by atoms with E-state index in [0.717, 1.165) is 6.07 Å². The molecule has 2 aromatic heterocycles. The van der Waals surface area contributed by atoms with E-state index in [4.69, 9.17) is 16.9 Å². The predicted molar refractivity (Wildman–Crippen MR) is 96.2 cm³/mol. The van der Waals surface area contributed by atoms with E-state index >= 15 is 0 Å². The fraction of sp³-hybridized carbons (Fsp3) is 0.167. The molecule has 0 radical (unpaired) electrons. The summed E-state index contributed by atoms with van der Waals surface area (Å²) < 4.78 is 40.4. The SMILES string of the molecule is C[C@H](NC(=O)c1ccc(Cl)c(C(F)(F)F)c1)c1ncnn1-c1ccc(C#N)cn1. The summed E-state index contributed by atoms with van der Waals surface area (Å²) in [7, 11) is 0. The highest BCUT2D eigenvalue weighted by molar-refractivity contribution is 6.31. The number of nitrogens with one attached hydrogen (secondary N) is 1. The van der Waals surface area contributed by atoms with Crippen LogP contribution in [0.15, 0.2) is 42.9 Å². The van der Waals surface area contributed by atoms with Gasteiger partial charge in [0, 0.05) is 11.8 Å². The van der Waals surface area contributed by atoms with Gasteiger partial charge in [-0.05, 0) is 37.3 Å². The summed E-state index contributed by atoms with van der Waals surface area (Å²) in [6, 6.07) is 7.26. The Morgan fingerprint density at radius 3 is 2.66 bits per heavy atom. The van der Waals surface area contributed by atoms with Gasteiger partial charge in [0.2, 0.25) is 0 Å². The van der Waals surface area contributed by atoms with Crippen molar-refractivity contribution >= 4 is 17.5 Å². The van der Waals surface area contributed by atoms with Crippen LogP contribution in [-0.2, 0) is 6.18 Å². The van der Waals surface area contributed by atoms with E-state index in [2.05, 4.69) is 20.4 Å². The van der Waals surface area contributed by atoms with Gasteiger partial charge in [-0.25, -0.2) is 9.97 Å². The van der Waals surface area contributed by atoms with E-state index in [9.17, 15) is 18.0 Å². The average Bonchev–Trinajstić information content (AvgIpc) is 3.17. The minimum Gasteiger partial charge on any atom is -0.342 e. The lowest BCUT2D eigenvalue weighted by molar-refractivity contribution is -0.137. The van der Waals surface area contributed by atoms with Crippen LogP contribution in [0.1, 0.15) is 40.3 Å². The van der Waals surface area contributed by atoms with Crippen LogP contribution < -0.4 is 5.32 Å². The zero-order valence-corrected chi connectivity index (χ0v) is 15.5. The molecule has 7 nitrogen and oxygen atoms in total. The number of rotatable bonds is 4. The molecule has 0 spiro atoms. The Hall–Kier alpha value is -3.45. The Kier molecular flexibility index (Phi) is 5.52. The normalized spacial score (nSPS) is 12.3. The van der Waals surface area contributed by atoms with E-state index in [-0.39, 0.29) is 5.56 Å². The second kappa shape index (κ2) is 7.89. The molecule has 3 aromatic rings. The summed E-state index contributed by atoms with van der Waals surface area (Å²) in [5.41, 5.74) is -0.930. The highest BCUT2D eigenvalue weighted by Gasteiger charge is 2.34. The third kappa shape index (κ3) is 4.35. The quantitative estimate of drug-likeness (QED) is 0.694. The lowest BCUT2D eigenvalue weighted by atomic mass is 10.1. The van der Waals surface area contributed by atoms with Crippen LogP contribution in [0.2, 0.25) is 5.02 Å². The number of amides is 1. The molecule has 0 saturated carbocycles. The van der Waals surface area contributed by atoms with Gasteiger partial charge in [-0.15, -0.1) is 0 Å². The van der Waals surface area contributed by atoms with E-state index in [1.165, 1.54) is 23.3 Å². The summed E-state index contributed by atoms with van der Waals surface area (Å²) in [6.45, 7) is 1.60. The van der Waals surface area contributed by atoms with Gasteiger partial charge in [-0.1, -0.05) is 11.6 Å². The molecule has 29 heavy (non-hydrogen) atoms. The van der Waals surface area contributed by atoms with E-state index in [0.29, 0.717) is 23.3 Å². The Balaban J connectivity index is 1.83. The van der Waals surface area contributed by atoms with Gasteiger partial charge in [0.05, 0.1) is 22.2 Å². The van der Waals surface area contributed by atoms with Crippen LogP contribution in [0.5, 0.6) is 0 Å².